The van der Waals surface area contributed by atoms with Crippen LogP contribution in [0.5, 0.6) is 0 Å². The number of sulfonamides is 1. The number of aromatic nitrogens is 4. The molecule has 4 aromatic rings. The van der Waals surface area contributed by atoms with E-state index in [9.17, 15) is 8.42 Å². The fourth-order valence-electron chi connectivity index (χ4n) is 2.84. The minimum atomic E-state index is -3.68. The largest absolute Gasteiger partial charge is 0.268 e. The molecule has 7 nitrogen and oxygen atoms in total. The van der Waals surface area contributed by atoms with E-state index in [0.29, 0.717) is 17.6 Å². The molecule has 0 fully saturated rings. The van der Waals surface area contributed by atoms with Gasteiger partial charge in [-0.3, -0.25) is 4.68 Å². The van der Waals surface area contributed by atoms with Crippen molar-refractivity contribution < 1.29 is 8.42 Å². The lowest BCUT2D eigenvalue weighted by Gasteiger charge is -2.16. The van der Waals surface area contributed by atoms with Gasteiger partial charge in [-0.2, -0.15) is 18.2 Å². The van der Waals surface area contributed by atoms with Gasteiger partial charge in [0.2, 0.25) is 10.0 Å². The molecule has 4 rings (SSSR count). The van der Waals surface area contributed by atoms with Gasteiger partial charge in [-0.05, 0) is 17.7 Å². The van der Waals surface area contributed by atoms with Crippen LogP contribution in [0.25, 0.3) is 11.0 Å². The van der Waals surface area contributed by atoms with E-state index in [1.165, 1.54) is 4.31 Å². The number of nitrogens with zero attached hydrogens (tertiary/aromatic N) is 5. The highest BCUT2D eigenvalue weighted by molar-refractivity contribution is 7.89. The van der Waals surface area contributed by atoms with Crippen molar-refractivity contribution in [3.05, 3.63) is 72.1 Å². The average molecular weight is 400 g/mol. The molecule has 0 bridgehead atoms. The highest BCUT2D eigenvalue weighted by Gasteiger charge is 2.25. The van der Waals surface area contributed by atoms with Crippen LogP contribution in [0.4, 0.5) is 0 Å². The molecular weight excluding hydrogens is 382 g/mol. The third-order valence-corrected chi connectivity index (χ3v) is 6.59. The van der Waals surface area contributed by atoms with Gasteiger partial charge in [-0.15, -0.1) is 0 Å². The molecule has 27 heavy (non-hydrogen) atoms. The molecule has 0 atom stereocenters. The lowest BCUT2D eigenvalue weighted by molar-refractivity contribution is 0.467. The van der Waals surface area contributed by atoms with E-state index in [-0.39, 0.29) is 11.4 Å². The van der Waals surface area contributed by atoms with Crippen molar-refractivity contribution in [3.8, 4) is 0 Å². The van der Waals surface area contributed by atoms with Gasteiger partial charge in [0.25, 0.3) is 0 Å². The molecule has 0 unspecified atom stereocenters. The Morgan fingerprint density at radius 1 is 1.04 bits per heavy atom. The van der Waals surface area contributed by atoms with Crippen LogP contribution in [-0.4, -0.2) is 38.3 Å². The normalized spacial score (nSPS) is 12.1. The van der Waals surface area contributed by atoms with Gasteiger partial charge in [0.05, 0.1) is 24.5 Å². The van der Waals surface area contributed by atoms with Crippen LogP contribution in [0, 0.1) is 0 Å². The monoisotopic (exact) mass is 399 g/mol. The number of rotatable bonds is 6. The molecule has 0 spiro atoms. The summed E-state index contributed by atoms with van der Waals surface area (Å²) in [6.07, 6.45) is 3.56. The number of hydrogen-bond donors (Lipinski definition) is 0. The molecule has 0 amide bonds. The first-order chi connectivity index (χ1) is 13.0. The minimum Gasteiger partial charge on any atom is -0.268 e. The quantitative estimate of drug-likeness (QED) is 0.498. The molecule has 0 aliphatic heterocycles. The maximum absolute atomic E-state index is 13.0. The number of fused-ring (bicyclic) bond motifs is 1. The van der Waals surface area contributed by atoms with E-state index in [4.69, 9.17) is 0 Å². The van der Waals surface area contributed by atoms with Gasteiger partial charge < -0.3 is 0 Å². The van der Waals surface area contributed by atoms with Crippen molar-refractivity contribution in [2.75, 3.05) is 7.05 Å². The molecule has 138 valence electrons. The minimum absolute atomic E-state index is 0.174. The molecule has 0 radical (unpaired) electrons. The molecule has 2 aromatic carbocycles. The van der Waals surface area contributed by atoms with E-state index < -0.39 is 10.0 Å². The lowest BCUT2D eigenvalue weighted by Crippen LogP contribution is -2.26. The molecule has 2 aromatic heterocycles. The summed E-state index contributed by atoms with van der Waals surface area (Å²) < 4.78 is 37.3. The van der Waals surface area contributed by atoms with E-state index in [2.05, 4.69) is 13.8 Å². The highest BCUT2D eigenvalue weighted by atomic mass is 32.2. The summed E-state index contributed by atoms with van der Waals surface area (Å²) in [6, 6.07) is 15.0. The predicted octanol–water partition coefficient (Wildman–Crippen LogP) is 2.76. The van der Waals surface area contributed by atoms with Crippen LogP contribution in [0.3, 0.4) is 0 Å². The maximum Gasteiger partial charge on any atom is 0.245 e. The van der Waals surface area contributed by atoms with Crippen LogP contribution in [-0.2, 0) is 23.1 Å². The predicted molar refractivity (Wildman–Crippen MR) is 104 cm³/mol. The molecule has 2 heterocycles. The van der Waals surface area contributed by atoms with E-state index in [0.717, 1.165) is 22.9 Å². The summed E-state index contributed by atoms with van der Waals surface area (Å²) in [5, 5.41) is 4.34. The Morgan fingerprint density at radius 2 is 1.85 bits per heavy atom. The second-order valence-corrected chi connectivity index (χ2v) is 8.72. The van der Waals surface area contributed by atoms with Gasteiger partial charge in [0, 0.05) is 25.4 Å². The van der Waals surface area contributed by atoms with Crippen LogP contribution in [0.15, 0.2) is 65.8 Å². The zero-order valence-electron chi connectivity index (χ0n) is 14.6. The van der Waals surface area contributed by atoms with Gasteiger partial charge >= 0.3 is 0 Å². The number of benzene rings is 2. The van der Waals surface area contributed by atoms with Crippen molar-refractivity contribution in [1.29, 1.82) is 0 Å². The van der Waals surface area contributed by atoms with Crippen LogP contribution >= 0.6 is 11.7 Å². The summed E-state index contributed by atoms with van der Waals surface area (Å²) in [5.41, 5.74) is 2.95. The molecule has 9 heteroatoms. The molecule has 0 aliphatic rings. The maximum atomic E-state index is 13.0. The van der Waals surface area contributed by atoms with Crippen molar-refractivity contribution in [3.63, 3.8) is 0 Å². The van der Waals surface area contributed by atoms with E-state index >= 15 is 0 Å². The molecule has 0 saturated heterocycles. The van der Waals surface area contributed by atoms with Crippen molar-refractivity contribution in [2.45, 2.75) is 18.0 Å². The summed E-state index contributed by atoms with van der Waals surface area (Å²) in [6.45, 7) is 0.867. The Morgan fingerprint density at radius 3 is 2.67 bits per heavy atom. The van der Waals surface area contributed by atoms with Crippen molar-refractivity contribution >= 4 is 32.8 Å². The van der Waals surface area contributed by atoms with Crippen molar-refractivity contribution in [2.24, 2.45) is 0 Å². The third kappa shape index (κ3) is 3.61. The second-order valence-electron chi connectivity index (χ2n) is 6.18. The Kier molecular flexibility index (Phi) is 4.73. The van der Waals surface area contributed by atoms with Gasteiger partial charge in [0.15, 0.2) is 0 Å². The first-order valence-corrected chi connectivity index (χ1v) is 10.4. The Labute approximate surface area is 161 Å². The Balaban J connectivity index is 1.53. The molecule has 0 N–H and O–H groups in total. The summed E-state index contributed by atoms with van der Waals surface area (Å²) in [4.78, 5) is 0.174. The molecule has 0 saturated carbocycles. The van der Waals surface area contributed by atoms with Crippen LogP contribution in [0.1, 0.15) is 11.1 Å². The van der Waals surface area contributed by atoms with Gasteiger partial charge in [-0.1, -0.05) is 36.4 Å². The molecular formula is C18H17N5O2S2. The zero-order valence-corrected chi connectivity index (χ0v) is 16.2. The smallest absolute Gasteiger partial charge is 0.245 e. The number of hydrogen-bond acceptors (Lipinski definition) is 6. The first-order valence-electron chi connectivity index (χ1n) is 8.27. The SMILES string of the molecule is CN(Cc1cnn(Cc2ccccc2)c1)S(=O)(=O)c1cccc2nsnc12. The summed E-state index contributed by atoms with van der Waals surface area (Å²) in [5.74, 6) is 0. The average Bonchev–Trinajstić information content (AvgIpc) is 3.31. The zero-order chi connectivity index (χ0) is 18.9. The lowest BCUT2D eigenvalue weighted by atomic mass is 10.2. The van der Waals surface area contributed by atoms with Gasteiger partial charge in [-0.25, -0.2) is 8.42 Å². The standard InChI is InChI=1S/C18H17N5O2S2/c1-22(27(24,25)17-9-5-8-16-18(17)21-26-20-16)11-15-10-19-23(13-15)12-14-6-3-2-4-7-14/h2-10,13H,11-12H2,1H3. The third-order valence-electron chi connectivity index (χ3n) is 4.22. The van der Waals surface area contributed by atoms with Crippen molar-refractivity contribution in [1.82, 2.24) is 22.8 Å². The fourth-order valence-corrected chi connectivity index (χ4v) is 4.75. The molecule has 0 aliphatic carbocycles. The summed E-state index contributed by atoms with van der Waals surface area (Å²) in [7, 11) is -2.12. The second kappa shape index (κ2) is 7.18. The Hall–Kier alpha value is -2.62. The Bertz CT molecular complexity index is 1170. The topological polar surface area (TPSA) is 81.0 Å². The highest BCUT2D eigenvalue weighted by Crippen LogP contribution is 2.24. The fraction of sp³-hybridized carbons (Fsp3) is 0.167. The van der Waals surface area contributed by atoms with E-state index in [1.54, 1.807) is 36.1 Å². The first kappa shape index (κ1) is 17.8. The summed E-state index contributed by atoms with van der Waals surface area (Å²) >= 11 is 1.01. The van der Waals surface area contributed by atoms with E-state index in [1.807, 2.05) is 36.5 Å². The van der Waals surface area contributed by atoms with Crippen LogP contribution < -0.4 is 0 Å². The van der Waals surface area contributed by atoms with Gasteiger partial charge in [0.1, 0.15) is 15.9 Å². The van der Waals surface area contributed by atoms with Crippen LogP contribution in [0.2, 0.25) is 0 Å².